The van der Waals surface area contributed by atoms with Crippen molar-refractivity contribution in [1.29, 1.82) is 0 Å². The number of nitrogens with one attached hydrogen (secondary N) is 1. The first kappa shape index (κ1) is 17.8. The number of carbonyl (C=O) groups excluding carboxylic acids is 1. The van der Waals surface area contributed by atoms with E-state index in [2.05, 4.69) is 24.1 Å². The molecule has 0 bridgehead atoms. The van der Waals surface area contributed by atoms with Gasteiger partial charge in [-0.3, -0.25) is 4.90 Å². The van der Waals surface area contributed by atoms with Crippen molar-refractivity contribution < 1.29 is 14.3 Å². The molecule has 1 aromatic rings. The van der Waals surface area contributed by atoms with Crippen LogP contribution in [0.2, 0.25) is 0 Å². The van der Waals surface area contributed by atoms with Gasteiger partial charge in [0.15, 0.2) is 0 Å². The number of piperidine rings is 1. The lowest BCUT2D eigenvalue weighted by Gasteiger charge is -2.33. The Bertz CT molecular complexity index is 460. The molecule has 2 atom stereocenters. The normalized spacial score (nSPS) is 19.8. The Morgan fingerprint density at radius 1 is 1.52 bits per heavy atom. The van der Waals surface area contributed by atoms with Gasteiger partial charge in [0.1, 0.15) is 5.76 Å². The minimum absolute atomic E-state index is 0.0439. The highest BCUT2D eigenvalue weighted by atomic mass is 16.3. The Hall–Kier alpha value is -1.53. The van der Waals surface area contributed by atoms with Crippen LogP contribution in [0.3, 0.4) is 0 Å². The van der Waals surface area contributed by atoms with Crippen LogP contribution in [-0.2, 0) is 0 Å². The average Bonchev–Trinajstić information content (AvgIpc) is 3.12. The smallest absolute Gasteiger partial charge is 0.317 e. The summed E-state index contributed by atoms with van der Waals surface area (Å²) in [5, 5.41) is 12.3. The number of rotatable bonds is 7. The maximum atomic E-state index is 12.4. The van der Waals surface area contributed by atoms with Crippen LogP contribution in [0.25, 0.3) is 0 Å². The Morgan fingerprint density at radius 2 is 2.30 bits per heavy atom. The SMILES string of the molecule is CCN(CC)C(CNC(=O)N1CCCC(CO)C1)c1ccco1. The second-order valence-electron chi connectivity index (χ2n) is 6.08. The first-order chi connectivity index (χ1) is 11.2. The van der Waals surface area contributed by atoms with Crippen LogP contribution in [0, 0.1) is 5.92 Å². The molecular weight excluding hydrogens is 294 g/mol. The molecule has 0 saturated carbocycles. The van der Waals surface area contributed by atoms with Crippen LogP contribution in [0.1, 0.15) is 38.5 Å². The highest BCUT2D eigenvalue weighted by molar-refractivity contribution is 5.74. The Morgan fingerprint density at radius 3 is 2.91 bits per heavy atom. The third-order valence-electron chi connectivity index (χ3n) is 4.64. The van der Waals surface area contributed by atoms with Gasteiger partial charge in [-0.1, -0.05) is 13.8 Å². The van der Waals surface area contributed by atoms with E-state index in [0.29, 0.717) is 13.1 Å². The van der Waals surface area contributed by atoms with Crippen molar-refractivity contribution in [2.45, 2.75) is 32.7 Å². The van der Waals surface area contributed by atoms with Crippen molar-refractivity contribution in [2.75, 3.05) is 39.3 Å². The van der Waals surface area contributed by atoms with E-state index in [-0.39, 0.29) is 24.6 Å². The molecule has 1 saturated heterocycles. The number of aliphatic hydroxyl groups excluding tert-OH is 1. The van der Waals surface area contributed by atoms with Gasteiger partial charge < -0.3 is 19.7 Å². The molecule has 6 nitrogen and oxygen atoms in total. The summed E-state index contributed by atoms with van der Waals surface area (Å²) >= 11 is 0. The number of likely N-dealkylation sites (tertiary alicyclic amines) is 1. The molecule has 23 heavy (non-hydrogen) atoms. The number of carbonyl (C=O) groups is 1. The van der Waals surface area contributed by atoms with Crippen LogP contribution in [0.5, 0.6) is 0 Å². The molecule has 2 N–H and O–H groups in total. The Kier molecular flexibility index (Phi) is 6.92. The van der Waals surface area contributed by atoms with E-state index in [4.69, 9.17) is 4.42 Å². The molecule has 2 heterocycles. The van der Waals surface area contributed by atoms with Gasteiger partial charge in [0.05, 0.1) is 12.3 Å². The molecule has 1 aliphatic heterocycles. The van der Waals surface area contributed by atoms with Gasteiger partial charge in [0.2, 0.25) is 0 Å². The predicted octanol–water partition coefficient (Wildman–Crippen LogP) is 2.08. The summed E-state index contributed by atoms with van der Waals surface area (Å²) in [5.41, 5.74) is 0. The van der Waals surface area contributed by atoms with Crippen LogP contribution in [0.15, 0.2) is 22.8 Å². The van der Waals surface area contributed by atoms with Crippen molar-refractivity contribution in [3.63, 3.8) is 0 Å². The quantitative estimate of drug-likeness (QED) is 0.806. The first-order valence-corrected chi connectivity index (χ1v) is 8.60. The fraction of sp³-hybridized carbons (Fsp3) is 0.706. The summed E-state index contributed by atoms with van der Waals surface area (Å²) in [6.07, 6.45) is 3.62. The highest BCUT2D eigenvalue weighted by Crippen LogP contribution is 2.21. The van der Waals surface area contributed by atoms with Crippen LogP contribution >= 0.6 is 0 Å². The molecule has 2 amide bonds. The summed E-state index contributed by atoms with van der Waals surface area (Å²) in [7, 11) is 0. The number of hydrogen-bond acceptors (Lipinski definition) is 4. The second kappa shape index (κ2) is 8.93. The summed E-state index contributed by atoms with van der Waals surface area (Å²) in [6, 6.07) is 3.83. The van der Waals surface area contributed by atoms with Gasteiger partial charge in [-0.2, -0.15) is 0 Å². The lowest BCUT2D eigenvalue weighted by molar-refractivity contribution is 0.126. The largest absolute Gasteiger partial charge is 0.468 e. The molecular formula is C17H29N3O3. The molecule has 0 spiro atoms. The minimum Gasteiger partial charge on any atom is -0.468 e. The monoisotopic (exact) mass is 323 g/mol. The van der Waals surface area contributed by atoms with Crippen molar-refractivity contribution in [3.8, 4) is 0 Å². The number of urea groups is 1. The van der Waals surface area contributed by atoms with Gasteiger partial charge in [-0.15, -0.1) is 0 Å². The number of furan rings is 1. The zero-order chi connectivity index (χ0) is 16.7. The van der Waals surface area contributed by atoms with Gasteiger partial charge in [-0.05, 0) is 44.0 Å². The Labute approximate surface area is 138 Å². The summed E-state index contributed by atoms with van der Waals surface area (Å²) in [5.74, 6) is 1.08. The van der Waals surface area contributed by atoms with E-state index >= 15 is 0 Å². The second-order valence-corrected chi connectivity index (χ2v) is 6.08. The van der Waals surface area contributed by atoms with Crippen molar-refractivity contribution in [1.82, 2.24) is 15.1 Å². The van der Waals surface area contributed by atoms with Crippen molar-refractivity contribution in [2.24, 2.45) is 5.92 Å². The number of nitrogens with zero attached hydrogens (tertiary/aromatic N) is 2. The van der Waals surface area contributed by atoms with E-state index in [9.17, 15) is 9.90 Å². The Balaban J connectivity index is 1.93. The van der Waals surface area contributed by atoms with E-state index in [1.807, 2.05) is 17.0 Å². The molecule has 2 rings (SSSR count). The molecule has 6 heteroatoms. The summed E-state index contributed by atoms with van der Waals surface area (Å²) in [4.78, 5) is 16.5. The average molecular weight is 323 g/mol. The number of aliphatic hydroxyl groups is 1. The van der Waals surface area contributed by atoms with Gasteiger partial charge in [0.25, 0.3) is 0 Å². The van der Waals surface area contributed by atoms with Crippen molar-refractivity contribution in [3.05, 3.63) is 24.2 Å². The lowest BCUT2D eigenvalue weighted by atomic mass is 9.99. The van der Waals surface area contributed by atoms with Gasteiger partial charge >= 0.3 is 6.03 Å². The molecule has 0 aliphatic carbocycles. The third-order valence-corrected chi connectivity index (χ3v) is 4.64. The zero-order valence-corrected chi connectivity index (χ0v) is 14.2. The number of likely N-dealkylation sites (N-methyl/N-ethyl adjacent to an activating group) is 1. The standard InChI is InChI=1S/C17H29N3O3/c1-3-19(4-2)15(16-8-6-10-23-16)11-18-17(22)20-9-5-7-14(12-20)13-21/h6,8,10,14-15,21H,3-5,7,9,11-13H2,1-2H3,(H,18,22). The maximum absolute atomic E-state index is 12.4. The molecule has 2 unspecified atom stereocenters. The number of hydrogen-bond donors (Lipinski definition) is 2. The fourth-order valence-electron chi connectivity index (χ4n) is 3.25. The topological polar surface area (TPSA) is 69.0 Å². The molecule has 0 aromatic carbocycles. The first-order valence-electron chi connectivity index (χ1n) is 8.60. The minimum atomic E-state index is -0.0492. The molecule has 130 valence electrons. The third kappa shape index (κ3) is 4.72. The maximum Gasteiger partial charge on any atom is 0.317 e. The van der Waals surface area contributed by atoms with E-state index in [1.165, 1.54) is 0 Å². The lowest BCUT2D eigenvalue weighted by Crippen LogP contribution is -2.48. The predicted molar refractivity (Wildman–Crippen MR) is 89.2 cm³/mol. The molecule has 1 aliphatic rings. The van der Waals surface area contributed by atoms with Gasteiger partial charge in [-0.25, -0.2) is 4.79 Å². The van der Waals surface area contributed by atoms with Crippen molar-refractivity contribution >= 4 is 6.03 Å². The molecule has 1 fully saturated rings. The van der Waals surface area contributed by atoms with E-state index < -0.39 is 0 Å². The van der Waals surface area contributed by atoms with Gasteiger partial charge in [0, 0.05) is 26.2 Å². The summed E-state index contributed by atoms with van der Waals surface area (Å²) in [6.45, 7) is 8.09. The number of amides is 2. The van der Waals surface area contributed by atoms with E-state index in [0.717, 1.165) is 38.2 Å². The fourth-order valence-corrected chi connectivity index (χ4v) is 3.25. The highest BCUT2D eigenvalue weighted by Gasteiger charge is 2.25. The summed E-state index contributed by atoms with van der Waals surface area (Å²) < 4.78 is 5.55. The van der Waals surface area contributed by atoms with E-state index in [1.54, 1.807) is 6.26 Å². The van der Waals surface area contributed by atoms with Crippen LogP contribution in [-0.4, -0.2) is 60.3 Å². The van der Waals surface area contributed by atoms with Crippen LogP contribution < -0.4 is 5.32 Å². The molecule has 0 radical (unpaired) electrons. The zero-order valence-electron chi connectivity index (χ0n) is 14.2. The molecule has 1 aromatic heterocycles. The van der Waals surface area contributed by atoms with Crippen LogP contribution in [0.4, 0.5) is 4.79 Å².